The summed E-state index contributed by atoms with van der Waals surface area (Å²) < 4.78 is 0. The Kier molecular flexibility index (Phi) is 5.81. The van der Waals surface area contributed by atoms with Crippen LogP contribution in [0.3, 0.4) is 0 Å². The van der Waals surface area contributed by atoms with Crippen LogP contribution in [0.1, 0.15) is 81.9 Å². The Bertz CT molecular complexity index is 573. The third-order valence-electron chi connectivity index (χ3n) is 6.44. The van der Waals surface area contributed by atoms with Crippen LogP contribution >= 0.6 is 0 Å². The maximum atomic E-state index is 4.16. The molecule has 1 aromatic rings. The van der Waals surface area contributed by atoms with Gasteiger partial charge < -0.3 is 4.90 Å². The highest BCUT2D eigenvalue weighted by Crippen LogP contribution is 2.45. The standard InChI is InChI=1S/C23H35N/c1-5-7-14-24-15-13-21(22-9-8-10-23(22)24)19-11-12-20(17(3)4)18(6-2)16-19/h11-12,16,21-23H,3,5-10,13-15H2,1-2,4H3. The fourth-order valence-electron chi connectivity index (χ4n) is 5.18. The molecule has 24 heavy (non-hydrogen) atoms. The van der Waals surface area contributed by atoms with E-state index in [4.69, 9.17) is 0 Å². The van der Waals surface area contributed by atoms with E-state index >= 15 is 0 Å². The van der Waals surface area contributed by atoms with Gasteiger partial charge in [0.15, 0.2) is 0 Å². The normalized spacial score (nSPS) is 27.2. The van der Waals surface area contributed by atoms with E-state index in [1.165, 1.54) is 68.3 Å². The molecule has 2 aliphatic rings. The number of unbranched alkanes of at least 4 members (excludes halogenated alkanes) is 1. The van der Waals surface area contributed by atoms with Crippen LogP contribution in [0.4, 0.5) is 0 Å². The lowest BCUT2D eigenvalue weighted by Crippen LogP contribution is -2.46. The van der Waals surface area contributed by atoms with Gasteiger partial charge in [0, 0.05) is 6.04 Å². The van der Waals surface area contributed by atoms with Gasteiger partial charge in [0.1, 0.15) is 0 Å². The monoisotopic (exact) mass is 325 g/mol. The molecule has 3 unspecified atom stereocenters. The molecular weight excluding hydrogens is 290 g/mol. The van der Waals surface area contributed by atoms with Gasteiger partial charge in [-0.15, -0.1) is 0 Å². The van der Waals surface area contributed by atoms with Gasteiger partial charge in [0.25, 0.3) is 0 Å². The van der Waals surface area contributed by atoms with Crippen molar-refractivity contribution in [1.29, 1.82) is 0 Å². The Hall–Kier alpha value is -1.08. The number of nitrogens with zero attached hydrogens (tertiary/aromatic N) is 1. The molecule has 0 bridgehead atoms. The van der Waals surface area contributed by atoms with E-state index in [1.807, 2.05) is 0 Å². The average Bonchev–Trinajstić information content (AvgIpc) is 3.08. The number of rotatable bonds is 6. The molecule has 0 amide bonds. The lowest BCUT2D eigenvalue weighted by Gasteiger charge is -2.43. The number of aryl methyl sites for hydroxylation is 1. The molecule has 0 radical (unpaired) electrons. The number of fused-ring (bicyclic) bond motifs is 1. The summed E-state index contributed by atoms with van der Waals surface area (Å²) in [6.45, 7) is 13.5. The van der Waals surface area contributed by atoms with E-state index < -0.39 is 0 Å². The van der Waals surface area contributed by atoms with Crippen molar-refractivity contribution in [2.24, 2.45) is 5.92 Å². The highest BCUT2D eigenvalue weighted by molar-refractivity contribution is 5.65. The van der Waals surface area contributed by atoms with Crippen LogP contribution in [0.25, 0.3) is 5.57 Å². The fraction of sp³-hybridized carbons (Fsp3) is 0.652. The van der Waals surface area contributed by atoms with E-state index in [1.54, 1.807) is 5.56 Å². The van der Waals surface area contributed by atoms with Crippen molar-refractivity contribution in [3.05, 3.63) is 41.5 Å². The third kappa shape index (κ3) is 3.47. The summed E-state index contributed by atoms with van der Waals surface area (Å²) in [5.41, 5.74) is 5.66. The largest absolute Gasteiger partial charge is 0.300 e. The minimum atomic E-state index is 0.778. The molecule has 1 heteroatoms. The average molecular weight is 326 g/mol. The topological polar surface area (TPSA) is 3.24 Å². The summed E-state index contributed by atoms with van der Waals surface area (Å²) in [5, 5.41) is 0. The first-order valence-corrected chi connectivity index (χ1v) is 10.2. The van der Waals surface area contributed by atoms with E-state index in [9.17, 15) is 0 Å². The molecule has 1 heterocycles. The number of allylic oxidation sites excluding steroid dienone is 1. The molecule has 1 saturated carbocycles. The van der Waals surface area contributed by atoms with Crippen molar-refractivity contribution in [2.75, 3.05) is 13.1 Å². The van der Waals surface area contributed by atoms with Gasteiger partial charge in [0.2, 0.25) is 0 Å². The molecular formula is C23H35N. The predicted molar refractivity (Wildman–Crippen MR) is 105 cm³/mol. The second-order valence-corrected chi connectivity index (χ2v) is 8.00. The summed E-state index contributed by atoms with van der Waals surface area (Å²) in [7, 11) is 0. The van der Waals surface area contributed by atoms with Crippen molar-refractivity contribution < 1.29 is 0 Å². The zero-order valence-electron chi connectivity index (χ0n) is 16.0. The molecule has 1 nitrogen and oxygen atoms in total. The minimum Gasteiger partial charge on any atom is -0.300 e. The molecule has 132 valence electrons. The van der Waals surface area contributed by atoms with Gasteiger partial charge in [-0.05, 0) is 80.6 Å². The summed E-state index contributed by atoms with van der Waals surface area (Å²) in [6, 6.07) is 8.10. The van der Waals surface area contributed by atoms with Crippen LogP contribution < -0.4 is 0 Å². The van der Waals surface area contributed by atoms with Crippen molar-refractivity contribution >= 4 is 5.57 Å². The molecule has 1 aliphatic heterocycles. The van der Waals surface area contributed by atoms with Gasteiger partial charge >= 0.3 is 0 Å². The number of hydrogen-bond donors (Lipinski definition) is 0. The molecule has 1 aliphatic carbocycles. The zero-order chi connectivity index (χ0) is 17.1. The van der Waals surface area contributed by atoms with Crippen molar-refractivity contribution in [2.45, 2.75) is 77.7 Å². The van der Waals surface area contributed by atoms with E-state index in [0.717, 1.165) is 24.3 Å². The van der Waals surface area contributed by atoms with E-state index in [-0.39, 0.29) is 0 Å². The number of hydrogen-bond acceptors (Lipinski definition) is 1. The molecule has 0 aromatic heterocycles. The zero-order valence-corrected chi connectivity index (χ0v) is 16.0. The van der Waals surface area contributed by atoms with E-state index in [0.29, 0.717) is 0 Å². The highest BCUT2D eigenvalue weighted by atomic mass is 15.2. The summed E-state index contributed by atoms with van der Waals surface area (Å²) in [4.78, 5) is 2.82. The predicted octanol–water partition coefficient (Wildman–Crippen LogP) is 6.04. The summed E-state index contributed by atoms with van der Waals surface area (Å²) in [5.74, 6) is 1.66. The smallest absolute Gasteiger partial charge is 0.0129 e. The second-order valence-electron chi connectivity index (χ2n) is 8.00. The minimum absolute atomic E-state index is 0.778. The first-order chi connectivity index (χ1) is 11.7. The molecule has 2 fully saturated rings. The molecule has 3 atom stereocenters. The Labute approximate surface area is 149 Å². The maximum absolute atomic E-state index is 4.16. The van der Waals surface area contributed by atoms with Gasteiger partial charge in [-0.3, -0.25) is 0 Å². The lowest BCUT2D eigenvalue weighted by atomic mass is 9.76. The van der Waals surface area contributed by atoms with Crippen molar-refractivity contribution in [1.82, 2.24) is 4.90 Å². The Morgan fingerprint density at radius 2 is 2.04 bits per heavy atom. The first-order valence-electron chi connectivity index (χ1n) is 10.2. The molecule has 1 saturated heterocycles. The quantitative estimate of drug-likeness (QED) is 0.616. The van der Waals surface area contributed by atoms with Gasteiger partial charge in [-0.1, -0.05) is 57.0 Å². The van der Waals surface area contributed by atoms with Gasteiger partial charge in [0.05, 0.1) is 0 Å². The number of piperidine rings is 1. The summed E-state index contributed by atoms with van der Waals surface area (Å²) in [6.07, 6.45) is 9.43. The molecule has 3 rings (SSSR count). The molecule has 0 spiro atoms. The fourth-order valence-corrected chi connectivity index (χ4v) is 5.18. The maximum Gasteiger partial charge on any atom is 0.0129 e. The van der Waals surface area contributed by atoms with Crippen LogP contribution in [-0.4, -0.2) is 24.0 Å². The van der Waals surface area contributed by atoms with Crippen LogP contribution in [-0.2, 0) is 6.42 Å². The molecule has 0 N–H and O–H groups in total. The van der Waals surface area contributed by atoms with Crippen LogP contribution in [0.2, 0.25) is 0 Å². The Morgan fingerprint density at radius 3 is 2.75 bits per heavy atom. The lowest BCUT2D eigenvalue weighted by molar-refractivity contribution is 0.0944. The summed E-state index contributed by atoms with van der Waals surface area (Å²) >= 11 is 0. The van der Waals surface area contributed by atoms with Crippen LogP contribution in [0.5, 0.6) is 0 Å². The number of likely N-dealkylation sites (tertiary alicyclic amines) is 1. The Balaban J connectivity index is 1.81. The van der Waals surface area contributed by atoms with E-state index in [2.05, 4.69) is 50.4 Å². The van der Waals surface area contributed by atoms with Crippen LogP contribution in [0.15, 0.2) is 24.8 Å². The van der Waals surface area contributed by atoms with Gasteiger partial charge in [-0.25, -0.2) is 0 Å². The third-order valence-corrected chi connectivity index (χ3v) is 6.44. The SMILES string of the molecule is C=C(C)c1ccc(C2CCN(CCCC)C3CCCC23)cc1CC. The van der Waals surface area contributed by atoms with Gasteiger partial charge in [-0.2, -0.15) is 0 Å². The Morgan fingerprint density at radius 1 is 1.21 bits per heavy atom. The van der Waals surface area contributed by atoms with Crippen molar-refractivity contribution in [3.8, 4) is 0 Å². The second kappa shape index (κ2) is 7.87. The first kappa shape index (κ1) is 17.7. The number of benzene rings is 1. The van der Waals surface area contributed by atoms with Crippen LogP contribution in [0, 0.1) is 5.92 Å². The highest BCUT2D eigenvalue weighted by Gasteiger charge is 2.41. The molecule has 1 aromatic carbocycles. The van der Waals surface area contributed by atoms with Crippen molar-refractivity contribution in [3.63, 3.8) is 0 Å².